The molecule has 0 aromatic heterocycles. The highest BCUT2D eigenvalue weighted by Gasteiger charge is 2.17. The summed E-state index contributed by atoms with van der Waals surface area (Å²) < 4.78 is 1.14. The van der Waals surface area contributed by atoms with Gasteiger partial charge in [0, 0.05) is 22.6 Å². The van der Waals surface area contributed by atoms with Gasteiger partial charge < -0.3 is 10.6 Å². The Kier molecular flexibility index (Phi) is 5.86. The lowest BCUT2D eigenvalue weighted by Gasteiger charge is -2.28. The molecule has 106 valence electrons. The summed E-state index contributed by atoms with van der Waals surface area (Å²) >= 11 is 3.48. The van der Waals surface area contributed by atoms with E-state index >= 15 is 0 Å². The van der Waals surface area contributed by atoms with E-state index in [1.807, 2.05) is 0 Å². The minimum Gasteiger partial charge on any atom is -0.314 e. The van der Waals surface area contributed by atoms with E-state index in [0.717, 1.165) is 4.47 Å². The van der Waals surface area contributed by atoms with E-state index in [0.29, 0.717) is 18.1 Å². The first-order valence-corrected chi connectivity index (χ1v) is 8.19. The van der Waals surface area contributed by atoms with Gasteiger partial charge >= 0.3 is 0 Å². The molecule has 1 aromatic carbocycles. The van der Waals surface area contributed by atoms with Crippen molar-refractivity contribution in [1.29, 1.82) is 0 Å². The average Bonchev–Trinajstić information content (AvgIpc) is 2.40. The van der Waals surface area contributed by atoms with Crippen LogP contribution < -0.4 is 10.6 Å². The van der Waals surface area contributed by atoms with E-state index in [1.54, 1.807) is 0 Å². The minimum atomic E-state index is 0.409. The summed E-state index contributed by atoms with van der Waals surface area (Å²) in [7, 11) is 0. The highest BCUT2D eigenvalue weighted by Crippen LogP contribution is 2.18. The fourth-order valence-electron chi connectivity index (χ4n) is 2.89. The molecule has 2 rings (SSSR count). The number of rotatable bonds is 5. The molecule has 0 amide bonds. The van der Waals surface area contributed by atoms with Crippen molar-refractivity contribution in [2.45, 2.75) is 57.7 Å². The summed E-state index contributed by atoms with van der Waals surface area (Å²) in [6.45, 7) is 5.74. The topological polar surface area (TPSA) is 24.1 Å². The molecule has 2 unspecified atom stereocenters. The highest BCUT2D eigenvalue weighted by molar-refractivity contribution is 9.10. The van der Waals surface area contributed by atoms with Gasteiger partial charge in [-0.25, -0.2) is 0 Å². The number of hydrogen-bond acceptors (Lipinski definition) is 2. The first kappa shape index (κ1) is 15.0. The molecule has 1 aromatic rings. The zero-order valence-corrected chi connectivity index (χ0v) is 13.5. The van der Waals surface area contributed by atoms with Gasteiger partial charge in [-0.05, 0) is 57.4 Å². The predicted molar refractivity (Wildman–Crippen MR) is 85.4 cm³/mol. The van der Waals surface area contributed by atoms with Crippen LogP contribution in [0.25, 0.3) is 0 Å². The van der Waals surface area contributed by atoms with Crippen molar-refractivity contribution in [2.24, 2.45) is 0 Å². The van der Waals surface area contributed by atoms with E-state index in [9.17, 15) is 0 Å². The number of piperidine rings is 1. The maximum absolute atomic E-state index is 3.71. The molecule has 3 atom stereocenters. The molecule has 1 heterocycles. The fraction of sp³-hybridized carbons (Fsp3) is 0.625. The predicted octanol–water partition coefficient (Wildman–Crippen LogP) is 4.02. The molecule has 1 fully saturated rings. The van der Waals surface area contributed by atoms with E-state index in [-0.39, 0.29) is 0 Å². The molecule has 3 heteroatoms. The first-order chi connectivity index (χ1) is 9.15. The van der Waals surface area contributed by atoms with E-state index in [4.69, 9.17) is 0 Å². The van der Waals surface area contributed by atoms with Crippen LogP contribution >= 0.6 is 15.9 Å². The van der Waals surface area contributed by atoms with Crippen LogP contribution in [0.1, 0.15) is 51.1 Å². The van der Waals surface area contributed by atoms with Gasteiger partial charge in [-0.2, -0.15) is 0 Å². The van der Waals surface area contributed by atoms with E-state index < -0.39 is 0 Å². The monoisotopic (exact) mass is 324 g/mol. The van der Waals surface area contributed by atoms with Gasteiger partial charge in [0.05, 0.1) is 0 Å². The van der Waals surface area contributed by atoms with Crippen LogP contribution in [-0.2, 0) is 0 Å². The maximum Gasteiger partial charge on any atom is 0.0294 e. The third kappa shape index (κ3) is 4.90. The molecule has 0 aliphatic carbocycles. The van der Waals surface area contributed by atoms with Crippen LogP contribution in [0.15, 0.2) is 28.7 Å². The standard InChI is InChI=1S/C16H25BrN2/c1-12(11-16-5-3-4-10-18-16)19-13(2)14-6-8-15(17)9-7-14/h6-9,12-13,16,18-19H,3-5,10-11H2,1-2H3/t12?,13-,16?/m0/s1. The second-order valence-corrected chi connectivity index (χ2v) is 6.64. The Labute approximate surface area is 125 Å². The Balaban J connectivity index is 1.80. The van der Waals surface area contributed by atoms with Gasteiger partial charge in [-0.1, -0.05) is 34.5 Å². The normalized spacial score (nSPS) is 23.0. The van der Waals surface area contributed by atoms with Gasteiger partial charge in [-0.3, -0.25) is 0 Å². The van der Waals surface area contributed by atoms with Crippen molar-refractivity contribution in [3.63, 3.8) is 0 Å². The maximum atomic E-state index is 3.71. The van der Waals surface area contributed by atoms with Gasteiger partial charge in [0.1, 0.15) is 0 Å². The van der Waals surface area contributed by atoms with Crippen LogP contribution in [0, 0.1) is 0 Å². The third-order valence-electron chi connectivity index (χ3n) is 3.95. The van der Waals surface area contributed by atoms with Crippen molar-refractivity contribution in [2.75, 3.05) is 6.54 Å². The lowest BCUT2D eigenvalue weighted by atomic mass is 9.98. The van der Waals surface area contributed by atoms with Crippen LogP contribution in [0.5, 0.6) is 0 Å². The van der Waals surface area contributed by atoms with Crippen LogP contribution in [-0.4, -0.2) is 18.6 Å². The second-order valence-electron chi connectivity index (χ2n) is 5.72. The van der Waals surface area contributed by atoms with Crippen molar-refractivity contribution in [3.05, 3.63) is 34.3 Å². The quantitative estimate of drug-likeness (QED) is 0.854. The zero-order valence-electron chi connectivity index (χ0n) is 12.0. The lowest BCUT2D eigenvalue weighted by Crippen LogP contribution is -2.40. The summed E-state index contributed by atoms with van der Waals surface area (Å²) in [4.78, 5) is 0. The van der Waals surface area contributed by atoms with Crippen LogP contribution in [0.3, 0.4) is 0 Å². The number of halogens is 1. The molecule has 1 aliphatic rings. The summed E-state index contributed by atoms with van der Waals surface area (Å²) in [5.74, 6) is 0. The van der Waals surface area contributed by atoms with Crippen LogP contribution in [0.4, 0.5) is 0 Å². The molecular weight excluding hydrogens is 300 g/mol. The Morgan fingerprint density at radius 1 is 1.26 bits per heavy atom. The second kappa shape index (κ2) is 7.41. The Hall–Kier alpha value is -0.380. The zero-order chi connectivity index (χ0) is 13.7. The summed E-state index contributed by atoms with van der Waals surface area (Å²) in [5.41, 5.74) is 1.35. The Morgan fingerprint density at radius 2 is 2.00 bits per heavy atom. The van der Waals surface area contributed by atoms with Crippen molar-refractivity contribution >= 4 is 15.9 Å². The fourth-order valence-corrected chi connectivity index (χ4v) is 3.16. The van der Waals surface area contributed by atoms with E-state index in [1.165, 1.54) is 37.8 Å². The highest BCUT2D eigenvalue weighted by atomic mass is 79.9. The first-order valence-electron chi connectivity index (χ1n) is 7.40. The SMILES string of the molecule is CC(CC1CCCCN1)N[C@@H](C)c1ccc(Br)cc1. The number of nitrogens with one attached hydrogen (secondary N) is 2. The molecule has 0 bridgehead atoms. The molecule has 1 saturated heterocycles. The smallest absolute Gasteiger partial charge is 0.0294 e. The molecule has 2 N–H and O–H groups in total. The van der Waals surface area contributed by atoms with Crippen molar-refractivity contribution in [1.82, 2.24) is 10.6 Å². The molecule has 2 nitrogen and oxygen atoms in total. The lowest BCUT2D eigenvalue weighted by molar-refractivity contribution is 0.334. The molecular formula is C16H25BrN2. The number of benzene rings is 1. The molecule has 1 aliphatic heterocycles. The van der Waals surface area contributed by atoms with Crippen LogP contribution in [0.2, 0.25) is 0 Å². The van der Waals surface area contributed by atoms with Gasteiger partial charge in [0.15, 0.2) is 0 Å². The summed E-state index contributed by atoms with van der Waals surface area (Å²) in [5, 5.41) is 7.33. The largest absolute Gasteiger partial charge is 0.314 e. The Morgan fingerprint density at radius 3 is 2.63 bits per heavy atom. The minimum absolute atomic E-state index is 0.409. The molecule has 0 saturated carbocycles. The van der Waals surface area contributed by atoms with Crippen molar-refractivity contribution < 1.29 is 0 Å². The molecule has 0 radical (unpaired) electrons. The summed E-state index contributed by atoms with van der Waals surface area (Å²) in [6.07, 6.45) is 5.28. The van der Waals surface area contributed by atoms with Gasteiger partial charge in [-0.15, -0.1) is 0 Å². The van der Waals surface area contributed by atoms with Gasteiger partial charge in [0.2, 0.25) is 0 Å². The summed E-state index contributed by atoms with van der Waals surface area (Å²) in [6, 6.07) is 10.3. The van der Waals surface area contributed by atoms with Gasteiger partial charge in [0.25, 0.3) is 0 Å². The molecule has 0 spiro atoms. The average molecular weight is 325 g/mol. The van der Waals surface area contributed by atoms with E-state index in [2.05, 4.69) is 64.7 Å². The van der Waals surface area contributed by atoms with Crippen molar-refractivity contribution in [3.8, 4) is 0 Å². The molecule has 19 heavy (non-hydrogen) atoms. The number of hydrogen-bond donors (Lipinski definition) is 2. The Bertz CT molecular complexity index is 371. The third-order valence-corrected chi connectivity index (χ3v) is 4.48.